The molecular formula is C26H31BrO6. The van der Waals surface area contributed by atoms with Crippen LogP contribution in [-0.4, -0.2) is 42.4 Å². The quantitative estimate of drug-likeness (QED) is 0.218. The van der Waals surface area contributed by atoms with Gasteiger partial charge in [0.05, 0.1) is 13.2 Å². The van der Waals surface area contributed by atoms with Crippen molar-refractivity contribution in [1.82, 2.24) is 0 Å². The lowest BCUT2D eigenvalue weighted by Gasteiger charge is -2.19. The van der Waals surface area contributed by atoms with Crippen molar-refractivity contribution in [2.45, 2.75) is 38.4 Å². The van der Waals surface area contributed by atoms with Crippen molar-refractivity contribution in [2.75, 3.05) is 19.8 Å². The molecule has 0 amide bonds. The van der Waals surface area contributed by atoms with Crippen LogP contribution in [0.2, 0.25) is 0 Å². The first-order valence-corrected chi connectivity index (χ1v) is 11.9. The molecule has 0 aliphatic heterocycles. The van der Waals surface area contributed by atoms with Crippen LogP contribution in [0.3, 0.4) is 0 Å². The number of ether oxygens (including phenoxy) is 3. The lowest BCUT2D eigenvalue weighted by Crippen LogP contribution is -2.26. The molecule has 7 heteroatoms. The molecule has 0 heterocycles. The summed E-state index contributed by atoms with van der Waals surface area (Å²) >= 11 is 3.42. The van der Waals surface area contributed by atoms with Crippen LogP contribution in [0.15, 0.2) is 54.6 Å². The van der Waals surface area contributed by atoms with E-state index in [2.05, 4.69) is 15.9 Å². The maximum atomic E-state index is 12.3. The summed E-state index contributed by atoms with van der Waals surface area (Å²) < 4.78 is 16.0. The van der Waals surface area contributed by atoms with Gasteiger partial charge >= 0.3 is 11.9 Å². The summed E-state index contributed by atoms with van der Waals surface area (Å²) in [4.78, 5) is 35.8. The van der Waals surface area contributed by atoms with E-state index in [9.17, 15) is 14.4 Å². The zero-order valence-electron chi connectivity index (χ0n) is 19.5. The van der Waals surface area contributed by atoms with Crippen molar-refractivity contribution in [3.8, 4) is 5.75 Å². The van der Waals surface area contributed by atoms with Crippen molar-refractivity contribution in [1.29, 1.82) is 0 Å². The summed E-state index contributed by atoms with van der Waals surface area (Å²) in [7, 11) is 0. The van der Waals surface area contributed by atoms with E-state index in [4.69, 9.17) is 14.2 Å². The molecule has 0 fully saturated rings. The number of hydrogen-bond donors (Lipinski definition) is 0. The number of ketones is 1. The zero-order valence-corrected chi connectivity index (χ0v) is 21.0. The maximum absolute atomic E-state index is 12.3. The van der Waals surface area contributed by atoms with Crippen LogP contribution in [0.1, 0.15) is 49.5 Å². The molecule has 0 bridgehead atoms. The molecule has 178 valence electrons. The molecule has 2 aromatic carbocycles. The van der Waals surface area contributed by atoms with Crippen molar-refractivity contribution >= 4 is 33.7 Å². The van der Waals surface area contributed by atoms with Gasteiger partial charge in [-0.15, -0.1) is 0 Å². The second-order valence-electron chi connectivity index (χ2n) is 8.35. The first kappa shape index (κ1) is 26.6. The molecule has 3 unspecified atom stereocenters. The number of esters is 2. The average Bonchev–Trinajstić information content (AvgIpc) is 2.84. The fraction of sp³-hybridized carbons (Fsp3) is 0.423. The zero-order chi connectivity index (χ0) is 24.4. The van der Waals surface area contributed by atoms with E-state index in [1.165, 1.54) is 0 Å². The number of benzene rings is 2. The molecule has 0 aliphatic rings. The number of carbonyl (C=O) groups excluding carboxylic acids is 3. The van der Waals surface area contributed by atoms with Crippen molar-refractivity contribution < 1.29 is 28.6 Å². The highest BCUT2D eigenvalue weighted by molar-refractivity contribution is 9.10. The molecule has 3 atom stereocenters. The number of hydrogen-bond acceptors (Lipinski definition) is 6. The third kappa shape index (κ3) is 8.65. The summed E-state index contributed by atoms with van der Waals surface area (Å²) in [6.45, 7) is 7.47. The first-order valence-electron chi connectivity index (χ1n) is 11.0. The lowest BCUT2D eigenvalue weighted by atomic mass is 9.98. The molecule has 0 spiro atoms. The van der Waals surface area contributed by atoms with Crippen molar-refractivity contribution in [3.63, 3.8) is 0 Å². The van der Waals surface area contributed by atoms with E-state index >= 15 is 0 Å². The molecule has 0 aromatic heterocycles. The highest BCUT2D eigenvalue weighted by Gasteiger charge is 2.25. The summed E-state index contributed by atoms with van der Waals surface area (Å²) in [6.07, 6.45) is 0. The second-order valence-corrected chi connectivity index (χ2v) is 9.34. The third-order valence-electron chi connectivity index (χ3n) is 5.05. The molecule has 2 rings (SSSR count). The van der Waals surface area contributed by atoms with Crippen LogP contribution in [-0.2, 0) is 19.1 Å². The van der Waals surface area contributed by atoms with E-state index in [1.54, 1.807) is 24.3 Å². The highest BCUT2D eigenvalue weighted by Crippen LogP contribution is 2.25. The lowest BCUT2D eigenvalue weighted by molar-refractivity contribution is -0.149. The normalized spacial score (nSPS) is 13.6. The smallest absolute Gasteiger partial charge is 0.344 e. The Morgan fingerprint density at radius 3 is 2.06 bits per heavy atom. The summed E-state index contributed by atoms with van der Waals surface area (Å²) in [5, 5.41) is 0. The van der Waals surface area contributed by atoms with Gasteiger partial charge in [-0.25, -0.2) is 4.79 Å². The minimum atomic E-state index is -0.522. The Morgan fingerprint density at radius 1 is 0.848 bits per heavy atom. The molecule has 0 saturated carbocycles. The number of halogens is 1. The predicted molar refractivity (Wildman–Crippen MR) is 130 cm³/mol. The molecule has 0 saturated heterocycles. The molecule has 0 aliphatic carbocycles. The molecule has 33 heavy (non-hydrogen) atoms. The average molecular weight is 519 g/mol. The number of Topliss-reactive ketones (excluding diaryl/α,β-unsaturated/α-hetero) is 1. The topological polar surface area (TPSA) is 78.9 Å². The van der Waals surface area contributed by atoms with Gasteiger partial charge in [-0.1, -0.05) is 74.0 Å². The standard InChI is InChI=1S/C26H31BrO6/c1-17(2)25(29)21-10-12-22(13-11-21)31-16-23(28)32-14-18(3)15-33-26(30)24(27)19(4)20-8-6-5-7-9-20/h5-13,17-19,24H,14-16H2,1-4H3. The fourth-order valence-corrected chi connectivity index (χ4v) is 3.39. The molecule has 6 nitrogen and oxygen atoms in total. The Morgan fingerprint density at radius 2 is 1.45 bits per heavy atom. The summed E-state index contributed by atoms with van der Waals surface area (Å²) in [5.41, 5.74) is 1.65. The third-order valence-corrected chi connectivity index (χ3v) is 6.22. The number of alkyl halides is 1. The Bertz CT molecular complexity index is 910. The second kappa shape index (κ2) is 13.1. The van der Waals surface area contributed by atoms with Gasteiger partial charge in [0.2, 0.25) is 0 Å². The van der Waals surface area contributed by atoms with Crippen LogP contribution >= 0.6 is 15.9 Å². The largest absolute Gasteiger partial charge is 0.482 e. The van der Waals surface area contributed by atoms with Crippen LogP contribution in [0, 0.1) is 11.8 Å². The molecule has 0 N–H and O–H groups in total. The number of rotatable bonds is 12. The van der Waals surface area contributed by atoms with E-state index in [1.807, 2.05) is 58.0 Å². The minimum Gasteiger partial charge on any atom is -0.482 e. The van der Waals surface area contributed by atoms with Crippen LogP contribution in [0.4, 0.5) is 0 Å². The van der Waals surface area contributed by atoms with E-state index < -0.39 is 10.8 Å². The van der Waals surface area contributed by atoms with Crippen LogP contribution in [0.25, 0.3) is 0 Å². The number of carbonyl (C=O) groups is 3. The van der Waals surface area contributed by atoms with Crippen LogP contribution in [0.5, 0.6) is 5.75 Å². The monoisotopic (exact) mass is 518 g/mol. The van der Waals surface area contributed by atoms with Gasteiger partial charge in [-0.3, -0.25) is 9.59 Å². The van der Waals surface area contributed by atoms with Crippen LogP contribution < -0.4 is 4.74 Å². The van der Waals surface area contributed by atoms with Gasteiger partial charge in [-0.05, 0) is 29.8 Å². The van der Waals surface area contributed by atoms with Gasteiger partial charge in [0.1, 0.15) is 10.6 Å². The van der Waals surface area contributed by atoms with Crippen molar-refractivity contribution in [3.05, 3.63) is 65.7 Å². The highest BCUT2D eigenvalue weighted by atomic mass is 79.9. The van der Waals surface area contributed by atoms with E-state index in [0.29, 0.717) is 11.3 Å². The van der Waals surface area contributed by atoms with E-state index in [-0.39, 0.29) is 49.3 Å². The summed E-state index contributed by atoms with van der Waals surface area (Å²) in [6, 6.07) is 16.4. The Kier molecular flexibility index (Phi) is 10.6. The molecular weight excluding hydrogens is 488 g/mol. The van der Waals surface area contributed by atoms with Crippen molar-refractivity contribution in [2.24, 2.45) is 11.8 Å². The fourth-order valence-electron chi connectivity index (χ4n) is 2.95. The SMILES string of the molecule is CC(COC(=O)COc1ccc(C(=O)C(C)C)cc1)COC(=O)C(Br)C(C)c1ccccc1. The van der Waals surface area contributed by atoms with Gasteiger partial charge in [0.15, 0.2) is 12.4 Å². The predicted octanol–water partition coefficient (Wildman–Crippen LogP) is 5.19. The minimum absolute atomic E-state index is 0.0402. The molecule has 0 radical (unpaired) electrons. The maximum Gasteiger partial charge on any atom is 0.344 e. The molecule has 2 aromatic rings. The summed E-state index contributed by atoms with van der Waals surface area (Å²) in [5.74, 6) is -0.631. The van der Waals surface area contributed by atoms with Gasteiger partial charge in [0, 0.05) is 23.3 Å². The van der Waals surface area contributed by atoms with E-state index in [0.717, 1.165) is 5.56 Å². The Hall–Kier alpha value is -2.67. The first-order chi connectivity index (χ1) is 15.7. The van der Waals surface area contributed by atoms with Gasteiger partial charge in [0.25, 0.3) is 0 Å². The van der Waals surface area contributed by atoms with Gasteiger partial charge < -0.3 is 14.2 Å². The van der Waals surface area contributed by atoms with Gasteiger partial charge in [-0.2, -0.15) is 0 Å². The Labute approximate surface area is 203 Å². The Balaban J connectivity index is 1.68.